The molecule has 0 saturated heterocycles. The highest BCUT2D eigenvalue weighted by Crippen LogP contribution is 2.14. The second-order valence-electron chi connectivity index (χ2n) is 4.08. The standard InChI is InChI=1S/C10H19F3N2O2/c1-3-9(2,6-14)15-8(16)4-5-17-7-10(11,12)13/h3-7,14H2,1-2H3,(H,15,16). The molecule has 4 nitrogen and oxygen atoms in total. The maximum atomic E-state index is 11.7. The minimum absolute atomic E-state index is 0.105. The quantitative estimate of drug-likeness (QED) is 0.673. The minimum Gasteiger partial charge on any atom is -0.372 e. The van der Waals surface area contributed by atoms with E-state index in [1.54, 1.807) is 6.92 Å². The Hall–Kier alpha value is -0.820. The first-order valence-electron chi connectivity index (χ1n) is 5.38. The number of hydrogen-bond donors (Lipinski definition) is 2. The predicted molar refractivity (Wildman–Crippen MR) is 57.4 cm³/mol. The van der Waals surface area contributed by atoms with Crippen molar-refractivity contribution in [2.45, 2.75) is 38.4 Å². The van der Waals surface area contributed by atoms with E-state index in [1.165, 1.54) is 0 Å². The number of amides is 1. The van der Waals surface area contributed by atoms with Crippen LogP contribution in [0.4, 0.5) is 13.2 Å². The highest BCUT2D eigenvalue weighted by molar-refractivity contribution is 5.76. The molecule has 7 heteroatoms. The van der Waals surface area contributed by atoms with E-state index in [4.69, 9.17) is 5.73 Å². The van der Waals surface area contributed by atoms with Crippen LogP contribution >= 0.6 is 0 Å². The molecule has 0 rings (SSSR count). The maximum Gasteiger partial charge on any atom is 0.411 e. The van der Waals surface area contributed by atoms with Crippen molar-refractivity contribution in [2.75, 3.05) is 19.8 Å². The second kappa shape index (κ2) is 6.80. The maximum absolute atomic E-state index is 11.7. The van der Waals surface area contributed by atoms with E-state index >= 15 is 0 Å². The normalized spacial score (nSPS) is 15.4. The van der Waals surface area contributed by atoms with Gasteiger partial charge >= 0.3 is 6.18 Å². The predicted octanol–water partition coefficient (Wildman–Crippen LogP) is 1.20. The molecule has 0 aromatic carbocycles. The highest BCUT2D eigenvalue weighted by atomic mass is 19.4. The summed E-state index contributed by atoms with van der Waals surface area (Å²) in [5.74, 6) is -0.359. The highest BCUT2D eigenvalue weighted by Gasteiger charge is 2.27. The van der Waals surface area contributed by atoms with E-state index in [9.17, 15) is 18.0 Å². The van der Waals surface area contributed by atoms with Crippen LogP contribution in [0.25, 0.3) is 0 Å². The number of nitrogens with two attached hydrogens (primary N) is 1. The Morgan fingerprint density at radius 1 is 1.41 bits per heavy atom. The summed E-state index contributed by atoms with van der Waals surface area (Å²) in [6.07, 6.45) is -3.81. The monoisotopic (exact) mass is 256 g/mol. The van der Waals surface area contributed by atoms with Gasteiger partial charge in [-0.05, 0) is 13.3 Å². The summed E-state index contributed by atoms with van der Waals surface area (Å²) in [6.45, 7) is 2.34. The molecule has 17 heavy (non-hydrogen) atoms. The summed E-state index contributed by atoms with van der Waals surface area (Å²) < 4.78 is 39.5. The zero-order valence-electron chi connectivity index (χ0n) is 10.1. The molecule has 0 fully saturated rings. The molecule has 102 valence electrons. The van der Waals surface area contributed by atoms with Crippen molar-refractivity contribution in [1.29, 1.82) is 0 Å². The lowest BCUT2D eigenvalue weighted by molar-refractivity contribution is -0.174. The topological polar surface area (TPSA) is 64.3 Å². The fourth-order valence-electron chi connectivity index (χ4n) is 1.04. The Kier molecular flexibility index (Phi) is 6.48. The molecule has 1 atom stereocenters. The molecule has 0 aromatic heterocycles. The SMILES string of the molecule is CCC(C)(CN)NC(=O)CCOCC(F)(F)F. The lowest BCUT2D eigenvalue weighted by atomic mass is 9.99. The Morgan fingerprint density at radius 3 is 2.41 bits per heavy atom. The van der Waals surface area contributed by atoms with Crippen LogP contribution in [0.1, 0.15) is 26.7 Å². The second-order valence-corrected chi connectivity index (χ2v) is 4.08. The molecule has 3 N–H and O–H groups in total. The summed E-state index contributed by atoms with van der Waals surface area (Å²) in [5.41, 5.74) is 4.97. The number of halogens is 3. The third kappa shape index (κ3) is 7.98. The van der Waals surface area contributed by atoms with Gasteiger partial charge in [0.15, 0.2) is 0 Å². The summed E-state index contributed by atoms with van der Waals surface area (Å²) in [7, 11) is 0. The summed E-state index contributed by atoms with van der Waals surface area (Å²) in [6, 6.07) is 0. The molecule has 1 amide bonds. The van der Waals surface area contributed by atoms with E-state index in [0.29, 0.717) is 6.42 Å². The smallest absolute Gasteiger partial charge is 0.372 e. The molecule has 0 aromatic rings. The van der Waals surface area contributed by atoms with E-state index < -0.39 is 18.3 Å². The molecule has 0 bridgehead atoms. The van der Waals surface area contributed by atoms with Gasteiger partial charge in [0, 0.05) is 18.5 Å². The largest absolute Gasteiger partial charge is 0.411 e. The number of hydrogen-bond acceptors (Lipinski definition) is 3. The van der Waals surface area contributed by atoms with Crippen LogP contribution in [0.3, 0.4) is 0 Å². The third-order valence-corrected chi connectivity index (χ3v) is 2.41. The number of carbonyl (C=O) groups is 1. The van der Waals surface area contributed by atoms with Gasteiger partial charge in [-0.25, -0.2) is 0 Å². The van der Waals surface area contributed by atoms with Crippen LogP contribution < -0.4 is 11.1 Å². The number of rotatable bonds is 7. The number of carbonyl (C=O) groups excluding carboxylic acids is 1. The number of ether oxygens (including phenoxy) is 1. The van der Waals surface area contributed by atoms with E-state index in [0.717, 1.165) is 0 Å². The zero-order chi connectivity index (χ0) is 13.5. The molecule has 0 aliphatic heterocycles. The van der Waals surface area contributed by atoms with Crippen LogP contribution in [-0.4, -0.2) is 37.4 Å². The molecular formula is C10H19F3N2O2. The van der Waals surface area contributed by atoms with Crippen molar-refractivity contribution < 1.29 is 22.7 Å². The molecule has 0 spiro atoms. The first-order chi connectivity index (χ1) is 7.72. The fraction of sp³-hybridized carbons (Fsp3) is 0.900. The average molecular weight is 256 g/mol. The Labute approximate surface area is 98.7 Å². The van der Waals surface area contributed by atoms with Crippen molar-refractivity contribution in [2.24, 2.45) is 5.73 Å². The van der Waals surface area contributed by atoms with Gasteiger partial charge in [0.25, 0.3) is 0 Å². The van der Waals surface area contributed by atoms with Gasteiger partial charge in [0.2, 0.25) is 5.91 Å². The number of alkyl halides is 3. The fourth-order valence-corrected chi connectivity index (χ4v) is 1.04. The molecule has 0 saturated carbocycles. The third-order valence-electron chi connectivity index (χ3n) is 2.41. The molecule has 0 radical (unpaired) electrons. The summed E-state index contributed by atoms with van der Waals surface area (Å²) in [4.78, 5) is 11.4. The van der Waals surface area contributed by atoms with Crippen molar-refractivity contribution in [3.8, 4) is 0 Å². The minimum atomic E-state index is -4.36. The first kappa shape index (κ1) is 16.2. The van der Waals surface area contributed by atoms with E-state index in [2.05, 4.69) is 10.1 Å². The Morgan fingerprint density at radius 2 is 2.00 bits per heavy atom. The van der Waals surface area contributed by atoms with Crippen LogP contribution in [0, 0.1) is 0 Å². The van der Waals surface area contributed by atoms with Crippen molar-refractivity contribution in [3.05, 3.63) is 0 Å². The summed E-state index contributed by atoms with van der Waals surface area (Å²) in [5, 5.41) is 2.67. The van der Waals surface area contributed by atoms with E-state index in [-0.39, 0.29) is 25.5 Å². The Bertz CT molecular complexity index is 240. The van der Waals surface area contributed by atoms with Gasteiger partial charge < -0.3 is 15.8 Å². The summed E-state index contributed by atoms with van der Waals surface area (Å²) >= 11 is 0. The lowest BCUT2D eigenvalue weighted by Crippen LogP contribution is -2.51. The van der Waals surface area contributed by atoms with Crippen molar-refractivity contribution in [3.63, 3.8) is 0 Å². The van der Waals surface area contributed by atoms with E-state index in [1.807, 2.05) is 6.92 Å². The Balaban J connectivity index is 3.81. The van der Waals surface area contributed by atoms with Gasteiger partial charge in [-0.3, -0.25) is 4.79 Å². The molecular weight excluding hydrogens is 237 g/mol. The average Bonchev–Trinajstić information content (AvgIpc) is 2.23. The molecule has 0 aliphatic rings. The zero-order valence-corrected chi connectivity index (χ0v) is 10.1. The van der Waals surface area contributed by atoms with Crippen molar-refractivity contribution in [1.82, 2.24) is 5.32 Å². The van der Waals surface area contributed by atoms with Gasteiger partial charge in [-0.15, -0.1) is 0 Å². The van der Waals surface area contributed by atoms with Gasteiger partial charge in [-0.2, -0.15) is 13.2 Å². The molecule has 0 heterocycles. The van der Waals surface area contributed by atoms with Crippen LogP contribution in [0.5, 0.6) is 0 Å². The van der Waals surface area contributed by atoms with Gasteiger partial charge in [0.1, 0.15) is 6.61 Å². The lowest BCUT2D eigenvalue weighted by Gasteiger charge is -2.27. The van der Waals surface area contributed by atoms with Gasteiger partial charge in [-0.1, -0.05) is 6.92 Å². The first-order valence-corrected chi connectivity index (χ1v) is 5.38. The molecule has 0 aliphatic carbocycles. The van der Waals surface area contributed by atoms with Crippen LogP contribution in [0.2, 0.25) is 0 Å². The van der Waals surface area contributed by atoms with Crippen molar-refractivity contribution >= 4 is 5.91 Å². The molecule has 1 unspecified atom stereocenters. The number of nitrogens with one attached hydrogen (secondary N) is 1. The van der Waals surface area contributed by atoms with Crippen LogP contribution in [0.15, 0.2) is 0 Å². The van der Waals surface area contributed by atoms with Crippen LogP contribution in [-0.2, 0) is 9.53 Å². The van der Waals surface area contributed by atoms with Gasteiger partial charge in [0.05, 0.1) is 6.61 Å².